The highest BCUT2D eigenvalue weighted by atomic mass is 15.2. The van der Waals surface area contributed by atoms with E-state index in [4.69, 9.17) is 0 Å². The van der Waals surface area contributed by atoms with Gasteiger partial charge in [0.15, 0.2) is 0 Å². The molecular weight excluding hydrogens is 953 g/mol. The van der Waals surface area contributed by atoms with Crippen LogP contribution in [0, 0.1) is 0 Å². The second kappa shape index (κ2) is 17.9. The predicted molar refractivity (Wildman–Crippen MR) is 338 cm³/mol. The molecule has 0 N–H and O–H groups in total. The minimum absolute atomic E-state index is 0.391. The lowest BCUT2D eigenvalue weighted by molar-refractivity contribution is 0.543. The second-order valence-electron chi connectivity index (χ2n) is 22.1. The summed E-state index contributed by atoms with van der Waals surface area (Å²) < 4.78 is 0. The van der Waals surface area contributed by atoms with E-state index in [2.05, 4.69) is 296 Å². The van der Waals surface area contributed by atoms with E-state index in [1.54, 1.807) is 0 Å². The van der Waals surface area contributed by atoms with E-state index in [1.165, 1.54) is 120 Å². The van der Waals surface area contributed by atoms with Gasteiger partial charge in [-0.25, -0.2) is 0 Å². The molecule has 0 amide bonds. The molecule has 14 aromatic rings. The zero-order valence-corrected chi connectivity index (χ0v) is 43.9. The van der Waals surface area contributed by atoms with Crippen LogP contribution in [-0.2, 0) is 5.54 Å². The monoisotopic (exact) mass is 1010 g/mol. The van der Waals surface area contributed by atoms with Crippen molar-refractivity contribution in [2.24, 2.45) is 0 Å². The van der Waals surface area contributed by atoms with Gasteiger partial charge in [-0.05, 0) is 194 Å². The molecule has 14 aromatic carbocycles. The van der Waals surface area contributed by atoms with E-state index in [9.17, 15) is 0 Å². The molecule has 0 saturated heterocycles. The topological polar surface area (TPSA) is 6.48 Å². The molecule has 2 nitrogen and oxygen atoms in total. The Morgan fingerprint density at radius 1 is 0.405 bits per heavy atom. The van der Waals surface area contributed by atoms with Gasteiger partial charge in [-0.15, -0.1) is 0 Å². The highest BCUT2D eigenvalue weighted by molar-refractivity contribution is 6.22. The quantitative estimate of drug-likeness (QED) is 0.150. The van der Waals surface area contributed by atoms with Crippen LogP contribution in [0.25, 0.3) is 98.7 Å². The van der Waals surface area contributed by atoms with Crippen molar-refractivity contribution in [3.8, 4) is 11.1 Å². The van der Waals surface area contributed by atoms with Crippen molar-refractivity contribution in [3.63, 3.8) is 0 Å². The molecule has 0 fully saturated rings. The zero-order valence-electron chi connectivity index (χ0n) is 43.9. The lowest BCUT2D eigenvalue weighted by Crippen LogP contribution is -2.46. The summed E-state index contributed by atoms with van der Waals surface area (Å²) in [5.74, 6) is 0.391. The Hall–Kier alpha value is -9.76. The standard InChI is InChI=1S/C77H54N2/c1-50-13-12-24-56-31-37-68(48-71(50)56)79(67-36-30-55-18-6-11-23-62(55)47-67)77(64-33-27-52-15-3-8-20-59(52)44-64)42-41-57-32-38-69-72(63-26-25-51-14-2-7-19-58(51)43-63)49-74(70-39-40-73(77)75(57)76(69)70)78(65-34-28-53-16-4-9-21-60(53)45-65)66-35-29-54-17-5-10-22-61(54)46-66/h2-12,14-41,43-50H,13,42H2,1H3. The van der Waals surface area contributed by atoms with Crippen LogP contribution in [-0.4, -0.2) is 0 Å². The Balaban J connectivity index is 1.05. The Morgan fingerprint density at radius 2 is 0.911 bits per heavy atom. The van der Waals surface area contributed by atoms with Crippen LogP contribution in [0.4, 0.5) is 28.4 Å². The fourth-order valence-corrected chi connectivity index (χ4v) is 13.7. The minimum Gasteiger partial charge on any atom is -0.327 e. The molecule has 0 aliphatic heterocycles. The molecule has 2 aliphatic rings. The minimum atomic E-state index is -0.709. The van der Waals surface area contributed by atoms with Crippen molar-refractivity contribution < 1.29 is 0 Å². The Labute approximate surface area is 460 Å². The molecule has 2 heteroatoms. The van der Waals surface area contributed by atoms with E-state index in [0.717, 1.165) is 35.6 Å². The first-order valence-corrected chi connectivity index (χ1v) is 27.9. The number of hydrogen-bond acceptors (Lipinski definition) is 2. The van der Waals surface area contributed by atoms with Crippen molar-refractivity contribution in [1.82, 2.24) is 0 Å². The van der Waals surface area contributed by atoms with Crippen LogP contribution in [0.5, 0.6) is 0 Å². The van der Waals surface area contributed by atoms with Gasteiger partial charge >= 0.3 is 0 Å². The average Bonchev–Trinajstić information content (AvgIpc) is 3.69. The molecule has 0 saturated carbocycles. The Kier molecular flexibility index (Phi) is 10.3. The Bertz CT molecular complexity index is 4830. The molecule has 0 aromatic heterocycles. The van der Waals surface area contributed by atoms with Crippen LogP contribution < -0.4 is 15.0 Å². The third-order valence-corrected chi connectivity index (χ3v) is 17.6. The number of hydrogen-bond donors (Lipinski definition) is 0. The zero-order chi connectivity index (χ0) is 52.2. The molecule has 372 valence electrons. The van der Waals surface area contributed by atoms with Crippen LogP contribution in [0.15, 0.2) is 267 Å². The fraction of sp³-hybridized carbons (Fsp3) is 0.0649. The highest BCUT2D eigenvalue weighted by Crippen LogP contribution is 2.54. The van der Waals surface area contributed by atoms with Crippen LogP contribution in [0.3, 0.4) is 0 Å². The summed E-state index contributed by atoms with van der Waals surface area (Å²) in [5, 5.41) is 18.5. The lowest BCUT2D eigenvalue weighted by atomic mass is 9.71. The van der Waals surface area contributed by atoms with E-state index in [-0.39, 0.29) is 0 Å². The maximum Gasteiger partial charge on any atom is 0.0996 e. The summed E-state index contributed by atoms with van der Waals surface area (Å²) in [6.45, 7) is 2.38. The van der Waals surface area contributed by atoms with Crippen molar-refractivity contribution in [2.75, 3.05) is 9.80 Å². The first kappa shape index (κ1) is 45.4. The van der Waals surface area contributed by atoms with Crippen LogP contribution in [0.1, 0.15) is 47.9 Å². The number of allylic oxidation sites excluding steroid dienone is 1. The van der Waals surface area contributed by atoms with Gasteiger partial charge in [-0.2, -0.15) is 0 Å². The summed E-state index contributed by atoms with van der Waals surface area (Å²) in [6.07, 6.45) is 8.98. The smallest absolute Gasteiger partial charge is 0.0996 e. The van der Waals surface area contributed by atoms with Crippen molar-refractivity contribution in [3.05, 3.63) is 294 Å². The van der Waals surface area contributed by atoms with E-state index in [0.29, 0.717) is 5.92 Å². The van der Waals surface area contributed by atoms with Gasteiger partial charge < -0.3 is 9.80 Å². The number of fused-ring (bicyclic) bond motifs is 6. The molecule has 0 bridgehead atoms. The van der Waals surface area contributed by atoms with E-state index < -0.39 is 5.54 Å². The molecular formula is C77H54N2. The van der Waals surface area contributed by atoms with Crippen molar-refractivity contribution in [1.29, 1.82) is 0 Å². The van der Waals surface area contributed by atoms with Crippen molar-refractivity contribution >= 4 is 116 Å². The van der Waals surface area contributed by atoms with Gasteiger partial charge in [-0.1, -0.05) is 219 Å². The lowest BCUT2D eigenvalue weighted by Gasteiger charge is -2.48. The largest absolute Gasteiger partial charge is 0.327 e. The molecule has 0 radical (unpaired) electrons. The SMILES string of the molecule is CC1CC=Cc2ccc(N(c3ccc4ccccc4c3)C3(c4ccc5ccccc5c4)CC=c4ccc5c(-c6ccc7ccccc7c6)cc(N(c6ccc7ccccc7c6)c6ccc7ccccc7c6)c6ccc3c4c56)cc21. The molecule has 0 spiro atoms. The van der Waals surface area contributed by atoms with Gasteiger partial charge in [0.05, 0.1) is 11.2 Å². The second-order valence-corrected chi connectivity index (χ2v) is 22.1. The number of nitrogens with zero attached hydrogens (tertiary/aromatic N) is 2. The summed E-state index contributed by atoms with van der Waals surface area (Å²) in [7, 11) is 0. The first-order chi connectivity index (χ1) is 39.0. The molecule has 2 unspecified atom stereocenters. The van der Waals surface area contributed by atoms with Gasteiger partial charge in [0.1, 0.15) is 0 Å². The third-order valence-electron chi connectivity index (χ3n) is 17.6. The number of anilines is 5. The predicted octanol–water partition coefficient (Wildman–Crippen LogP) is 20.4. The maximum atomic E-state index is 2.72. The third kappa shape index (κ3) is 7.25. The summed E-state index contributed by atoms with van der Waals surface area (Å²) in [5.41, 5.74) is 12.6. The van der Waals surface area contributed by atoms with Gasteiger partial charge in [-0.3, -0.25) is 0 Å². The van der Waals surface area contributed by atoms with Gasteiger partial charge in [0.2, 0.25) is 0 Å². The summed E-state index contributed by atoms with van der Waals surface area (Å²) in [6, 6.07) is 98.8. The molecule has 16 rings (SSSR count). The Morgan fingerprint density at radius 3 is 1.54 bits per heavy atom. The normalized spacial score (nSPS) is 15.8. The van der Waals surface area contributed by atoms with Gasteiger partial charge in [0.25, 0.3) is 0 Å². The summed E-state index contributed by atoms with van der Waals surface area (Å²) in [4.78, 5) is 5.25. The fourth-order valence-electron chi connectivity index (χ4n) is 13.7. The molecule has 2 atom stereocenters. The van der Waals surface area contributed by atoms with E-state index >= 15 is 0 Å². The van der Waals surface area contributed by atoms with Crippen molar-refractivity contribution in [2.45, 2.75) is 31.2 Å². The molecule has 2 aliphatic carbocycles. The number of benzene rings is 14. The maximum absolute atomic E-state index is 2.72. The highest BCUT2D eigenvalue weighted by Gasteiger charge is 2.45. The molecule has 0 heterocycles. The van der Waals surface area contributed by atoms with Crippen LogP contribution >= 0.6 is 0 Å². The number of rotatable bonds is 8. The summed E-state index contributed by atoms with van der Waals surface area (Å²) >= 11 is 0. The van der Waals surface area contributed by atoms with Crippen LogP contribution in [0.2, 0.25) is 0 Å². The first-order valence-electron chi connectivity index (χ1n) is 27.9. The van der Waals surface area contributed by atoms with E-state index in [1.807, 2.05) is 0 Å². The van der Waals surface area contributed by atoms with Gasteiger partial charge in [0, 0.05) is 28.1 Å². The average molecular weight is 1010 g/mol. The molecule has 79 heavy (non-hydrogen) atoms.